The van der Waals surface area contributed by atoms with Crippen LogP contribution in [0.25, 0.3) is 0 Å². The van der Waals surface area contributed by atoms with Gasteiger partial charge in [0.15, 0.2) is 6.79 Å². The molecule has 0 aromatic rings. The number of rotatable bonds is 12. The zero-order chi connectivity index (χ0) is 23.8. The highest BCUT2D eigenvalue weighted by atomic mass is 32.2. The Morgan fingerprint density at radius 1 is 1.06 bits per heavy atom. The van der Waals surface area contributed by atoms with Crippen LogP contribution in [-0.4, -0.2) is 55.7 Å². The molecule has 4 aliphatic carbocycles. The van der Waals surface area contributed by atoms with E-state index in [0.717, 1.165) is 19.3 Å². The summed E-state index contributed by atoms with van der Waals surface area (Å²) in [4.78, 5) is 12.0. The van der Waals surface area contributed by atoms with Crippen molar-refractivity contribution in [3.05, 3.63) is 12.2 Å². The van der Waals surface area contributed by atoms with Crippen LogP contribution in [0.2, 0.25) is 0 Å². The fraction of sp³-hybridized carbons (Fsp3) is 0.850. The summed E-state index contributed by atoms with van der Waals surface area (Å²) in [7, 11) is -6.26. The zero-order valence-electron chi connectivity index (χ0n) is 17.5. The average molecular weight is 488 g/mol. The molecular weight excluding hydrogens is 460 g/mol. The lowest BCUT2D eigenvalue weighted by Gasteiger charge is -2.56. The molecule has 184 valence electrons. The van der Waals surface area contributed by atoms with E-state index in [4.69, 9.17) is 18.8 Å². The van der Waals surface area contributed by atoms with E-state index in [1.807, 2.05) is 0 Å². The Labute approximate surface area is 184 Å². The van der Waals surface area contributed by atoms with Crippen LogP contribution in [0.15, 0.2) is 12.2 Å². The molecule has 0 spiro atoms. The second kappa shape index (κ2) is 9.19. The lowest BCUT2D eigenvalue weighted by molar-refractivity contribution is -0.208. The van der Waals surface area contributed by atoms with Gasteiger partial charge < -0.3 is 14.2 Å². The van der Waals surface area contributed by atoms with Gasteiger partial charge in [-0.15, -0.1) is 0 Å². The van der Waals surface area contributed by atoms with E-state index in [2.05, 4.69) is 6.58 Å². The molecule has 12 heteroatoms. The average Bonchev–Trinajstić information content (AvgIpc) is 2.65. The molecule has 0 amide bonds. The number of esters is 1. The van der Waals surface area contributed by atoms with Crippen LogP contribution in [0.4, 0.5) is 17.6 Å². The first kappa shape index (κ1) is 25.4. The van der Waals surface area contributed by atoms with Crippen molar-refractivity contribution in [1.29, 1.82) is 0 Å². The van der Waals surface area contributed by atoms with Gasteiger partial charge in [-0.3, -0.25) is 4.55 Å². The third-order valence-electron chi connectivity index (χ3n) is 6.63. The van der Waals surface area contributed by atoms with Crippen LogP contribution < -0.4 is 0 Å². The predicted octanol–water partition coefficient (Wildman–Crippen LogP) is 3.94. The number of hydrogen-bond acceptors (Lipinski definition) is 6. The molecule has 0 saturated heterocycles. The maximum atomic E-state index is 13.4. The van der Waals surface area contributed by atoms with Gasteiger partial charge >= 0.3 is 27.3 Å². The molecule has 0 atom stereocenters. The Morgan fingerprint density at radius 3 is 2.09 bits per heavy atom. The summed E-state index contributed by atoms with van der Waals surface area (Å²) >= 11 is 0. The first-order chi connectivity index (χ1) is 14.7. The van der Waals surface area contributed by atoms with Crippen LogP contribution in [-0.2, 0) is 29.1 Å². The SMILES string of the molecule is C=C(COCCCC(F)(F)C(F)(F)S(=O)(=O)O)C(=O)OCOC12CC3CC(CC(C3)C1)C2. The summed E-state index contributed by atoms with van der Waals surface area (Å²) in [6.07, 6.45) is 4.47. The molecule has 0 unspecified atom stereocenters. The van der Waals surface area contributed by atoms with Gasteiger partial charge in [0.1, 0.15) is 0 Å². The number of alkyl halides is 4. The lowest BCUT2D eigenvalue weighted by atomic mass is 9.54. The zero-order valence-corrected chi connectivity index (χ0v) is 18.4. The van der Waals surface area contributed by atoms with E-state index in [0.29, 0.717) is 17.8 Å². The van der Waals surface area contributed by atoms with Gasteiger partial charge in [-0.2, -0.15) is 26.0 Å². The van der Waals surface area contributed by atoms with Crippen molar-refractivity contribution in [1.82, 2.24) is 0 Å². The van der Waals surface area contributed by atoms with Crippen molar-refractivity contribution in [3.8, 4) is 0 Å². The minimum absolute atomic E-state index is 0.103. The molecule has 0 aromatic heterocycles. The number of hydrogen-bond donors (Lipinski definition) is 1. The van der Waals surface area contributed by atoms with E-state index in [1.165, 1.54) is 19.3 Å². The van der Waals surface area contributed by atoms with Crippen LogP contribution in [0.1, 0.15) is 51.4 Å². The Morgan fingerprint density at radius 2 is 1.59 bits per heavy atom. The Bertz CT molecular complexity index is 793. The highest BCUT2D eigenvalue weighted by molar-refractivity contribution is 7.87. The Hall–Kier alpha value is -1.24. The molecule has 32 heavy (non-hydrogen) atoms. The standard InChI is InChI=1S/C20H28F4O7S/c1-13(11-29-4-2-3-19(21,22)20(23,24)32(26,27)28)17(25)30-12-31-18-8-14-5-15(9-18)7-16(6-14)10-18/h14-16H,1-12H2,(H,26,27,28). The number of halogens is 4. The number of carbonyl (C=O) groups excluding carboxylic acids is 1. The second-order valence-electron chi connectivity index (χ2n) is 9.25. The van der Waals surface area contributed by atoms with Crippen molar-refractivity contribution in [3.63, 3.8) is 0 Å². The molecule has 4 rings (SSSR count). The van der Waals surface area contributed by atoms with E-state index in [-0.39, 0.29) is 24.6 Å². The van der Waals surface area contributed by atoms with Crippen LogP contribution in [0.5, 0.6) is 0 Å². The molecule has 0 heterocycles. The molecule has 0 aromatic carbocycles. The quantitative estimate of drug-likeness (QED) is 0.111. The molecule has 0 aliphatic heterocycles. The molecule has 4 fully saturated rings. The lowest BCUT2D eigenvalue weighted by Crippen LogP contribution is -2.52. The van der Waals surface area contributed by atoms with Crippen molar-refractivity contribution >= 4 is 16.1 Å². The van der Waals surface area contributed by atoms with E-state index in [1.54, 1.807) is 0 Å². The predicted molar refractivity (Wildman–Crippen MR) is 104 cm³/mol. The van der Waals surface area contributed by atoms with Gasteiger partial charge in [0.25, 0.3) is 0 Å². The van der Waals surface area contributed by atoms with Crippen molar-refractivity contribution in [2.75, 3.05) is 20.0 Å². The topological polar surface area (TPSA) is 99.1 Å². The van der Waals surface area contributed by atoms with Gasteiger partial charge in [-0.05, 0) is 62.7 Å². The van der Waals surface area contributed by atoms with Crippen molar-refractivity contribution in [2.24, 2.45) is 17.8 Å². The van der Waals surface area contributed by atoms with Gasteiger partial charge in [-0.1, -0.05) is 6.58 Å². The third kappa shape index (κ3) is 5.45. The smallest absolute Gasteiger partial charge is 0.431 e. The fourth-order valence-electron chi connectivity index (χ4n) is 5.50. The summed E-state index contributed by atoms with van der Waals surface area (Å²) in [6.45, 7) is 2.42. The Kier molecular flexibility index (Phi) is 7.29. The van der Waals surface area contributed by atoms with Gasteiger partial charge in [0, 0.05) is 13.0 Å². The van der Waals surface area contributed by atoms with E-state index < -0.39 is 46.7 Å². The third-order valence-corrected chi connectivity index (χ3v) is 7.58. The first-order valence-electron chi connectivity index (χ1n) is 10.5. The molecule has 4 aliphatic rings. The van der Waals surface area contributed by atoms with Crippen molar-refractivity contribution in [2.45, 2.75) is 68.1 Å². The normalized spacial score (nSPS) is 29.8. The summed E-state index contributed by atoms with van der Waals surface area (Å²) in [5, 5.41) is -5.61. The molecule has 0 radical (unpaired) electrons. The van der Waals surface area contributed by atoms with Crippen LogP contribution >= 0.6 is 0 Å². The first-order valence-corrected chi connectivity index (χ1v) is 12.0. The number of carbonyl (C=O) groups is 1. The van der Waals surface area contributed by atoms with Crippen LogP contribution in [0.3, 0.4) is 0 Å². The minimum Gasteiger partial charge on any atom is -0.435 e. The molecule has 4 bridgehead atoms. The van der Waals surface area contributed by atoms with Gasteiger partial charge in [0.05, 0.1) is 17.8 Å². The fourth-order valence-corrected chi connectivity index (χ4v) is 5.98. The monoisotopic (exact) mass is 488 g/mol. The molecular formula is C20H28F4O7S. The van der Waals surface area contributed by atoms with E-state index >= 15 is 0 Å². The highest BCUT2D eigenvalue weighted by Gasteiger charge is 2.64. The molecule has 7 nitrogen and oxygen atoms in total. The highest BCUT2D eigenvalue weighted by Crippen LogP contribution is 2.57. The second-order valence-corrected chi connectivity index (χ2v) is 10.7. The summed E-state index contributed by atoms with van der Waals surface area (Å²) in [5.74, 6) is -3.74. The maximum absolute atomic E-state index is 13.4. The maximum Gasteiger partial charge on any atom is 0.431 e. The number of ether oxygens (including phenoxy) is 3. The van der Waals surface area contributed by atoms with Gasteiger partial charge in [0.2, 0.25) is 0 Å². The summed E-state index contributed by atoms with van der Waals surface area (Å²) in [6, 6.07) is 0. The Balaban J connectivity index is 1.32. The largest absolute Gasteiger partial charge is 0.435 e. The molecule has 4 saturated carbocycles. The van der Waals surface area contributed by atoms with Gasteiger partial charge in [-0.25, -0.2) is 4.79 Å². The van der Waals surface area contributed by atoms with Crippen molar-refractivity contribution < 1.29 is 49.5 Å². The summed E-state index contributed by atoms with van der Waals surface area (Å²) < 4.78 is 98.1. The minimum atomic E-state index is -6.26. The molecule has 1 N–H and O–H groups in total. The van der Waals surface area contributed by atoms with E-state index in [9.17, 15) is 30.8 Å². The van der Waals surface area contributed by atoms with Crippen LogP contribution in [0, 0.1) is 17.8 Å². The summed E-state index contributed by atoms with van der Waals surface area (Å²) in [5.41, 5.74) is -0.337.